The number of anilines is 3. The van der Waals surface area contributed by atoms with Gasteiger partial charge in [-0.05, 0) is 50.5 Å². The number of nitrogens with zero attached hydrogens (tertiary/aromatic N) is 2. The third-order valence-electron chi connectivity index (χ3n) is 5.04. The van der Waals surface area contributed by atoms with Crippen LogP contribution in [0.25, 0.3) is 0 Å². The van der Waals surface area contributed by atoms with Gasteiger partial charge in [0, 0.05) is 24.3 Å². The molecular weight excluding hydrogens is 310 g/mol. The van der Waals surface area contributed by atoms with E-state index in [1.807, 2.05) is 23.1 Å². The number of hydrogen-bond donors (Lipinski definition) is 1. The zero-order valence-corrected chi connectivity index (χ0v) is 15.0. The summed E-state index contributed by atoms with van der Waals surface area (Å²) in [6.07, 6.45) is 2.09. The predicted molar refractivity (Wildman–Crippen MR) is 103 cm³/mol. The molecule has 0 unspecified atom stereocenters. The zero-order chi connectivity index (χ0) is 17.4. The second kappa shape index (κ2) is 6.10. The lowest BCUT2D eigenvalue weighted by Crippen LogP contribution is -2.52. The highest BCUT2D eigenvalue weighted by Gasteiger charge is 2.32. The molecule has 0 saturated heterocycles. The fraction of sp³-hybridized carbons (Fsp3) is 0.381. The molecule has 0 spiro atoms. The number of para-hydroxylation sites is 3. The number of fused-ring (bicyclic) bond motifs is 2. The normalized spacial score (nSPS) is 18.2. The van der Waals surface area contributed by atoms with Crippen molar-refractivity contribution < 1.29 is 4.79 Å². The van der Waals surface area contributed by atoms with Gasteiger partial charge in [-0.15, -0.1) is 0 Å². The monoisotopic (exact) mass is 335 g/mol. The molecule has 1 N–H and O–H groups in total. The molecule has 2 aliphatic heterocycles. The third kappa shape index (κ3) is 3.09. The smallest absolute Gasteiger partial charge is 0.246 e. The summed E-state index contributed by atoms with van der Waals surface area (Å²) >= 11 is 0. The molecule has 2 aliphatic rings. The molecule has 4 heteroatoms. The van der Waals surface area contributed by atoms with E-state index in [4.69, 9.17) is 0 Å². The van der Waals surface area contributed by atoms with Gasteiger partial charge in [0.1, 0.15) is 0 Å². The second-order valence-electron chi connectivity index (χ2n) is 7.66. The Morgan fingerprint density at radius 1 is 1.08 bits per heavy atom. The maximum Gasteiger partial charge on any atom is 0.246 e. The van der Waals surface area contributed by atoms with Crippen molar-refractivity contribution in [1.82, 2.24) is 0 Å². The first-order valence-corrected chi connectivity index (χ1v) is 9.04. The maximum absolute atomic E-state index is 13.1. The van der Waals surface area contributed by atoms with Crippen LogP contribution in [0.5, 0.6) is 0 Å². The van der Waals surface area contributed by atoms with E-state index < -0.39 is 0 Å². The summed E-state index contributed by atoms with van der Waals surface area (Å²) in [6, 6.07) is 16.5. The van der Waals surface area contributed by atoms with E-state index in [2.05, 4.69) is 54.4 Å². The minimum Gasteiger partial charge on any atom is -0.377 e. The van der Waals surface area contributed by atoms with Gasteiger partial charge in [0.25, 0.3) is 0 Å². The third-order valence-corrected chi connectivity index (χ3v) is 5.04. The van der Waals surface area contributed by atoms with Crippen LogP contribution in [0, 0.1) is 0 Å². The number of benzene rings is 2. The molecule has 0 aliphatic carbocycles. The molecule has 25 heavy (non-hydrogen) atoms. The number of aryl methyl sites for hydroxylation is 1. The molecule has 0 bridgehead atoms. The lowest BCUT2D eigenvalue weighted by molar-refractivity contribution is -0.117. The number of amides is 1. The van der Waals surface area contributed by atoms with Crippen LogP contribution >= 0.6 is 0 Å². The fourth-order valence-electron chi connectivity index (χ4n) is 4.00. The van der Waals surface area contributed by atoms with Gasteiger partial charge in [-0.1, -0.05) is 30.3 Å². The Morgan fingerprint density at radius 3 is 2.64 bits per heavy atom. The Morgan fingerprint density at radius 2 is 1.80 bits per heavy atom. The maximum atomic E-state index is 13.1. The lowest BCUT2D eigenvalue weighted by Gasteiger charge is -2.42. The summed E-state index contributed by atoms with van der Waals surface area (Å²) in [7, 11) is 0. The van der Waals surface area contributed by atoms with E-state index in [9.17, 15) is 4.79 Å². The Hall–Kier alpha value is -2.49. The summed E-state index contributed by atoms with van der Waals surface area (Å²) < 4.78 is 0. The summed E-state index contributed by atoms with van der Waals surface area (Å²) in [5.74, 6) is 0.180. The number of carbonyl (C=O) groups is 1. The van der Waals surface area contributed by atoms with Crippen LogP contribution in [0.1, 0.15) is 25.8 Å². The van der Waals surface area contributed by atoms with Crippen molar-refractivity contribution in [2.75, 3.05) is 34.8 Å². The van der Waals surface area contributed by atoms with E-state index in [1.165, 1.54) is 5.56 Å². The second-order valence-corrected chi connectivity index (χ2v) is 7.66. The van der Waals surface area contributed by atoms with E-state index in [0.29, 0.717) is 6.54 Å². The Bertz CT molecular complexity index is 799. The van der Waals surface area contributed by atoms with E-state index >= 15 is 0 Å². The standard InChI is InChI=1S/C21H25N3O/c1-21(2)15-23(19-12-6-4-10-17(19)22-21)14-20(25)24-13-7-9-16-8-3-5-11-18(16)24/h3-6,8,10-12,22H,7,9,13-15H2,1-2H3. The van der Waals surface area contributed by atoms with Crippen molar-refractivity contribution in [1.29, 1.82) is 0 Å². The lowest BCUT2D eigenvalue weighted by atomic mass is 9.99. The molecule has 2 aromatic rings. The van der Waals surface area contributed by atoms with Gasteiger partial charge in [-0.2, -0.15) is 0 Å². The summed E-state index contributed by atoms with van der Waals surface area (Å²) in [5.41, 5.74) is 4.52. The molecule has 0 saturated carbocycles. The Balaban J connectivity index is 1.60. The summed E-state index contributed by atoms with van der Waals surface area (Å²) in [4.78, 5) is 17.3. The minimum absolute atomic E-state index is 0.0611. The summed E-state index contributed by atoms with van der Waals surface area (Å²) in [6.45, 7) is 6.39. The van der Waals surface area contributed by atoms with Crippen molar-refractivity contribution in [2.45, 2.75) is 32.2 Å². The SMILES string of the molecule is CC1(C)CN(CC(=O)N2CCCc3ccccc32)c2ccccc2N1. The first-order valence-electron chi connectivity index (χ1n) is 9.04. The van der Waals surface area contributed by atoms with Crippen LogP contribution < -0.4 is 15.1 Å². The molecule has 0 aromatic heterocycles. The largest absolute Gasteiger partial charge is 0.377 e. The Kier molecular flexibility index (Phi) is 3.91. The van der Waals surface area contributed by atoms with Crippen LogP contribution in [0.2, 0.25) is 0 Å². The summed E-state index contributed by atoms with van der Waals surface area (Å²) in [5, 5.41) is 3.57. The van der Waals surface area contributed by atoms with Crippen molar-refractivity contribution >= 4 is 23.0 Å². The van der Waals surface area contributed by atoms with Gasteiger partial charge < -0.3 is 15.1 Å². The van der Waals surface area contributed by atoms with Gasteiger partial charge in [-0.3, -0.25) is 4.79 Å². The zero-order valence-electron chi connectivity index (χ0n) is 15.0. The minimum atomic E-state index is -0.0611. The number of hydrogen-bond acceptors (Lipinski definition) is 3. The van der Waals surface area contributed by atoms with Crippen molar-refractivity contribution in [2.24, 2.45) is 0 Å². The highest BCUT2D eigenvalue weighted by Crippen LogP contribution is 2.34. The van der Waals surface area contributed by atoms with Gasteiger partial charge in [0.2, 0.25) is 5.91 Å². The molecule has 1 amide bonds. The molecule has 2 heterocycles. The molecule has 0 fully saturated rings. The van der Waals surface area contributed by atoms with E-state index in [1.54, 1.807) is 0 Å². The quantitative estimate of drug-likeness (QED) is 0.909. The number of carbonyl (C=O) groups excluding carboxylic acids is 1. The molecule has 0 radical (unpaired) electrons. The van der Waals surface area contributed by atoms with Crippen LogP contribution in [0.4, 0.5) is 17.1 Å². The molecule has 4 nitrogen and oxygen atoms in total. The molecule has 4 rings (SSSR count). The van der Waals surface area contributed by atoms with Gasteiger partial charge in [-0.25, -0.2) is 0 Å². The molecule has 130 valence electrons. The fourth-order valence-corrected chi connectivity index (χ4v) is 4.00. The van der Waals surface area contributed by atoms with Gasteiger partial charge >= 0.3 is 0 Å². The van der Waals surface area contributed by atoms with Gasteiger partial charge in [0.15, 0.2) is 0 Å². The van der Waals surface area contributed by atoms with E-state index in [0.717, 1.165) is 43.0 Å². The predicted octanol–water partition coefficient (Wildman–Crippen LogP) is 3.68. The van der Waals surface area contributed by atoms with Crippen LogP contribution in [0.15, 0.2) is 48.5 Å². The van der Waals surface area contributed by atoms with Crippen LogP contribution in [0.3, 0.4) is 0 Å². The number of nitrogens with one attached hydrogen (secondary N) is 1. The first-order chi connectivity index (χ1) is 12.0. The van der Waals surface area contributed by atoms with Crippen LogP contribution in [-0.2, 0) is 11.2 Å². The molecule has 0 atom stereocenters. The topological polar surface area (TPSA) is 35.6 Å². The van der Waals surface area contributed by atoms with Crippen LogP contribution in [-0.4, -0.2) is 31.1 Å². The van der Waals surface area contributed by atoms with E-state index in [-0.39, 0.29) is 11.4 Å². The highest BCUT2D eigenvalue weighted by molar-refractivity contribution is 5.98. The van der Waals surface area contributed by atoms with Crippen molar-refractivity contribution in [3.05, 3.63) is 54.1 Å². The van der Waals surface area contributed by atoms with Crippen molar-refractivity contribution in [3.8, 4) is 0 Å². The molecular formula is C21H25N3O. The molecule has 2 aromatic carbocycles. The average molecular weight is 335 g/mol. The highest BCUT2D eigenvalue weighted by atomic mass is 16.2. The van der Waals surface area contributed by atoms with Crippen molar-refractivity contribution in [3.63, 3.8) is 0 Å². The van der Waals surface area contributed by atoms with Gasteiger partial charge in [0.05, 0.1) is 17.9 Å². The number of rotatable bonds is 2. The Labute approximate surface area is 149 Å². The average Bonchev–Trinajstić information content (AvgIpc) is 2.60. The first kappa shape index (κ1) is 16.0.